The molecule has 6 nitrogen and oxygen atoms in total. The molecule has 4 rings (SSSR count). The number of hydrogen-bond donors (Lipinski definition) is 1. The molecule has 6 heteroatoms. The first-order valence-corrected chi connectivity index (χ1v) is 12.0. The van der Waals surface area contributed by atoms with Crippen LogP contribution in [0.3, 0.4) is 0 Å². The van der Waals surface area contributed by atoms with Crippen LogP contribution in [-0.2, 0) is 27.2 Å². The van der Waals surface area contributed by atoms with E-state index in [4.69, 9.17) is 4.74 Å². The van der Waals surface area contributed by atoms with Crippen LogP contribution in [0.1, 0.15) is 31.4 Å². The topological polar surface area (TPSA) is 71.5 Å². The molecule has 2 aromatic carbocycles. The van der Waals surface area contributed by atoms with Crippen molar-refractivity contribution in [2.75, 3.05) is 26.3 Å². The summed E-state index contributed by atoms with van der Waals surface area (Å²) in [6.07, 6.45) is 5.49. The maximum absolute atomic E-state index is 13.4. The van der Waals surface area contributed by atoms with E-state index in [9.17, 15) is 9.59 Å². The van der Waals surface area contributed by atoms with Crippen LogP contribution in [0.15, 0.2) is 67.0 Å². The Labute approximate surface area is 201 Å². The number of benzene rings is 2. The summed E-state index contributed by atoms with van der Waals surface area (Å²) in [5.41, 5.74) is 1.34. The number of nitrogens with one attached hydrogen (secondary N) is 1. The molecule has 34 heavy (non-hydrogen) atoms. The smallest absolute Gasteiger partial charge is 0.247 e. The predicted molar refractivity (Wildman–Crippen MR) is 133 cm³/mol. The average Bonchev–Trinajstić information content (AvgIpc) is 3.08. The number of ether oxygens (including phenoxy) is 1. The monoisotopic (exact) mass is 459 g/mol. The van der Waals surface area contributed by atoms with Gasteiger partial charge in [-0.1, -0.05) is 42.5 Å². The molecular formula is C28H33N3O3. The van der Waals surface area contributed by atoms with Gasteiger partial charge in [0.2, 0.25) is 11.8 Å². The molecule has 1 saturated heterocycles. The molecule has 1 aliphatic heterocycles. The molecule has 0 unspecified atom stereocenters. The average molecular weight is 460 g/mol. The van der Waals surface area contributed by atoms with Crippen molar-refractivity contribution < 1.29 is 14.3 Å². The second-order valence-corrected chi connectivity index (χ2v) is 9.61. The third kappa shape index (κ3) is 6.20. The number of carbonyl (C=O) groups is 2. The van der Waals surface area contributed by atoms with E-state index in [2.05, 4.69) is 28.5 Å². The van der Waals surface area contributed by atoms with Crippen LogP contribution in [0.5, 0.6) is 0 Å². The van der Waals surface area contributed by atoms with Gasteiger partial charge in [0, 0.05) is 43.2 Å². The molecule has 1 N–H and O–H groups in total. The molecule has 2 amide bonds. The number of aryl methyl sites for hydroxylation is 1. The Morgan fingerprint density at radius 3 is 2.74 bits per heavy atom. The SMILES string of the molecule is CC(C)(NC(=O)CCc1ccccc1)C(=O)N1CCOC[C@@H](Cc2ccc3ccncc3c2)C1. The lowest BCUT2D eigenvalue weighted by Crippen LogP contribution is -2.57. The van der Waals surface area contributed by atoms with Crippen molar-refractivity contribution in [1.82, 2.24) is 15.2 Å². The maximum atomic E-state index is 13.4. The summed E-state index contributed by atoms with van der Waals surface area (Å²) >= 11 is 0. The number of pyridine rings is 1. The first kappa shape index (κ1) is 23.9. The second kappa shape index (κ2) is 10.8. The Balaban J connectivity index is 1.36. The normalized spacial score (nSPS) is 16.8. The van der Waals surface area contributed by atoms with Crippen molar-refractivity contribution in [2.24, 2.45) is 5.92 Å². The fraction of sp³-hybridized carbons (Fsp3) is 0.393. The molecule has 0 saturated carbocycles. The number of rotatable bonds is 7. The van der Waals surface area contributed by atoms with Crippen molar-refractivity contribution in [3.05, 3.63) is 78.1 Å². The minimum atomic E-state index is -0.975. The van der Waals surface area contributed by atoms with Crippen LogP contribution in [0.25, 0.3) is 10.8 Å². The van der Waals surface area contributed by atoms with Crippen molar-refractivity contribution >= 4 is 22.6 Å². The summed E-state index contributed by atoms with van der Waals surface area (Å²) in [5, 5.41) is 5.23. The van der Waals surface area contributed by atoms with Crippen molar-refractivity contribution in [2.45, 2.75) is 38.6 Å². The van der Waals surface area contributed by atoms with Crippen LogP contribution in [0, 0.1) is 5.92 Å². The van der Waals surface area contributed by atoms with Crippen LogP contribution < -0.4 is 5.32 Å². The van der Waals surface area contributed by atoms with Gasteiger partial charge >= 0.3 is 0 Å². The highest BCUT2D eigenvalue weighted by Crippen LogP contribution is 2.20. The minimum Gasteiger partial charge on any atom is -0.379 e. The van der Waals surface area contributed by atoms with Gasteiger partial charge in [-0.25, -0.2) is 0 Å². The lowest BCUT2D eigenvalue weighted by Gasteiger charge is -2.33. The largest absolute Gasteiger partial charge is 0.379 e. The van der Waals surface area contributed by atoms with Crippen molar-refractivity contribution in [1.29, 1.82) is 0 Å². The van der Waals surface area contributed by atoms with E-state index in [1.807, 2.05) is 47.5 Å². The number of nitrogens with zero attached hydrogens (tertiary/aromatic N) is 2. The Morgan fingerprint density at radius 2 is 1.91 bits per heavy atom. The lowest BCUT2D eigenvalue weighted by atomic mass is 9.96. The van der Waals surface area contributed by atoms with Gasteiger partial charge in [-0.15, -0.1) is 0 Å². The quantitative estimate of drug-likeness (QED) is 0.584. The highest BCUT2D eigenvalue weighted by Gasteiger charge is 2.35. The van der Waals surface area contributed by atoms with E-state index in [0.717, 1.165) is 22.8 Å². The van der Waals surface area contributed by atoms with E-state index in [1.54, 1.807) is 20.0 Å². The summed E-state index contributed by atoms with van der Waals surface area (Å²) in [4.78, 5) is 32.1. The Bertz CT molecular complexity index is 1130. The van der Waals surface area contributed by atoms with Crippen molar-refractivity contribution in [3.63, 3.8) is 0 Å². The van der Waals surface area contributed by atoms with Crippen LogP contribution in [-0.4, -0.2) is 53.5 Å². The van der Waals surface area contributed by atoms with Crippen LogP contribution in [0.2, 0.25) is 0 Å². The zero-order valence-corrected chi connectivity index (χ0v) is 20.0. The fourth-order valence-corrected chi connectivity index (χ4v) is 4.55. The Hall–Kier alpha value is -3.25. The highest BCUT2D eigenvalue weighted by atomic mass is 16.5. The summed E-state index contributed by atoms with van der Waals surface area (Å²) in [7, 11) is 0. The molecule has 1 aliphatic rings. The summed E-state index contributed by atoms with van der Waals surface area (Å²) in [6.45, 7) is 5.81. The molecule has 0 radical (unpaired) electrons. The van der Waals surface area contributed by atoms with Crippen molar-refractivity contribution in [3.8, 4) is 0 Å². The summed E-state index contributed by atoms with van der Waals surface area (Å²) in [5.74, 6) is -0.00137. The Morgan fingerprint density at radius 1 is 1.09 bits per heavy atom. The number of carbonyl (C=O) groups excluding carboxylic acids is 2. The second-order valence-electron chi connectivity index (χ2n) is 9.61. The zero-order chi connectivity index (χ0) is 24.0. The molecule has 1 atom stereocenters. The van der Waals surface area contributed by atoms with E-state index in [0.29, 0.717) is 39.1 Å². The first-order valence-electron chi connectivity index (χ1n) is 12.0. The van der Waals surface area contributed by atoms with Gasteiger partial charge in [0.25, 0.3) is 0 Å². The molecule has 1 fully saturated rings. The van der Waals surface area contributed by atoms with Gasteiger partial charge in [-0.3, -0.25) is 14.6 Å². The van der Waals surface area contributed by atoms with Gasteiger partial charge in [-0.05, 0) is 55.3 Å². The van der Waals surface area contributed by atoms with E-state index in [1.165, 1.54) is 5.56 Å². The number of hydrogen-bond acceptors (Lipinski definition) is 4. The minimum absolute atomic E-state index is 0.0706. The van der Waals surface area contributed by atoms with Crippen LogP contribution in [0.4, 0.5) is 0 Å². The molecule has 2 heterocycles. The number of aromatic nitrogens is 1. The molecule has 0 spiro atoms. The first-order chi connectivity index (χ1) is 16.4. The van der Waals surface area contributed by atoms with Gasteiger partial charge < -0.3 is 15.0 Å². The van der Waals surface area contributed by atoms with Gasteiger partial charge in [0.05, 0.1) is 13.2 Å². The third-order valence-corrected chi connectivity index (χ3v) is 6.32. The molecule has 0 bridgehead atoms. The predicted octanol–water partition coefficient (Wildman–Crippen LogP) is 3.78. The standard InChI is InChI=1S/C28H33N3O3/c1-28(2,30-26(32)11-9-21-6-4-3-5-7-21)27(33)31-14-15-34-20-23(19-31)16-22-8-10-24-12-13-29-18-25(24)17-22/h3-8,10,12-13,17-18,23H,9,11,14-16,19-20H2,1-2H3,(H,30,32)/t23-/m0/s1. The molecule has 178 valence electrons. The fourth-order valence-electron chi connectivity index (χ4n) is 4.55. The number of fused-ring (bicyclic) bond motifs is 1. The van der Waals surface area contributed by atoms with Gasteiger partial charge in [0.15, 0.2) is 0 Å². The lowest BCUT2D eigenvalue weighted by molar-refractivity contribution is -0.140. The van der Waals surface area contributed by atoms with E-state index < -0.39 is 5.54 Å². The number of amides is 2. The summed E-state index contributed by atoms with van der Waals surface area (Å²) < 4.78 is 5.83. The maximum Gasteiger partial charge on any atom is 0.247 e. The molecule has 3 aromatic rings. The van der Waals surface area contributed by atoms with Gasteiger partial charge in [-0.2, -0.15) is 0 Å². The van der Waals surface area contributed by atoms with E-state index in [-0.39, 0.29) is 17.7 Å². The highest BCUT2D eigenvalue weighted by molar-refractivity contribution is 5.91. The zero-order valence-electron chi connectivity index (χ0n) is 20.0. The summed E-state index contributed by atoms with van der Waals surface area (Å²) in [6, 6.07) is 18.3. The third-order valence-electron chi connectivity index (χ3n) is 6.32. The van der Waals surface area contributed by atoms with Gasteiger partial charge in [0.1, 0.15) is 5.54 Å². The van der Waals surface area contributed by atoms with E-state index >= 15 is 0 Å². The molecule has 1 aromatic heterocycles. The van der Waals surface area contributed by atoms with Crippen LogP contribution >= 0.6 is 0 Å². The molecular weight excluding hydrogens is 426 g/mol. The Kier molecular flexibility index (Phi) is 7.58. The molecule has 0 aliphatic carbocycles.